The van der Waals surface area contributed by atoms with Gasteiger partial charge in [-0.25, -0.2) is 0 Å². The Morgan fingerprint density at radius 1 is 1.46 bits per heavy atom. The van der Waals surface area contributed by atoms with Gasteiger partial charge >= 0.3 is 6.01 Å². The van der Waals surface area contributed by atoms with E-state index in [9.17, 15) is 0 Å². The van der Waals surface area contributed by atoms with Crippen LogP contribution in [0.25, 0.3) is 6.20 Å². The van der Waals surface area contributed by atoms with Gasteiger partial charge in [0.25, 0.3) is 0 Å². The zero-order valence-corrected chi connectivity index (χ0v) is 8.53. The number of aryl methyl sites for hydroxylation is 1. The number of nitrogens with zero attached hydrogens (tertiary/aromatic N) is 3. The van der Waals surface area contributed by atoms with Gasteiger partial charge in [0.2, 0.25) is 0 Å². The number of hydrogen-bond donors (Lipinski definition) is 0. The van der Waals surface area contributed by atoms with Gasteiger partial charge in [-0.05, 0) is 13.8 Å². The van der Waals surface area contributed by atoms with Crippen LogP contribution in [0.3, 0.4) is 0 Å². The third kappa shape index (κ3) is 2.08. The first-order valence-electron chi connectivity index (χ1n) is 4.31. The van der Waals surface area contributed by atoms with Crippen LogP contribution in [0.4, 0.5) is 0 Å². The molecule has 1 aromatic rings. The second-order valence-electron chi connectivity index (χ2n) is 3.03. The van der Waals surface area contributed by atoms with Gasteiger partial charge in [-0.1, -0.05) is 17.6 Å². The summed E-state index contributed by atoms with van der Waals surface area (Å²) < 4.78 is 6.94. The molecule has 0 N–H and O–H groups in total. The number of ether oxygens (including phenoxy) is 1. The standard InChI is InChI=1S/C9H15N3O/c1-5-8-10-11-9(13-4)12(8)6-7(2)3/h6H,5H2,1-4H3. The van der Waals surface area contributed by atoms with E-state index in [2.05, 4.69) is 10.2 Å². The highest BCUT2D eigenvalue weighted by Crippen LogP contribution is 2.12. The van der Waals surface area contributed by atoms with Crippen molar-refractivity contribution >= 4 is 6.20 Å². The van der Waals surface area contributed by atoms with Gasteiger partial charge in [-0.3, -0.25) is 4.57 Å². The first-order chi connectivity index (χ1) is 6.19. The number of methoxy groups -OCH3 is 1. The Morgan fingerprint density at radius 2 is 2.15 bits per heavy atom. The quantitative estimate of drug-likeness (QED) is 0.713. The fourth-order valence-electron chi connectivity index (χ4n) is 1.08. The Hall–Kier alpha value is -1.32. The molecule has 1 aromatic heterocycles. The van der Waals surface area contributed by atoms with Crippen LogP contribution in [0.5, 0.6) is 6.01 Å². The van der Waals surface area contributed by atoms with Crippen LogP contribution in [0.1, 0.15) is 26.6 Å². The summed E-state index contributed by atoms with van der Waals surface area (Å²) in [6, 6.07) is 0.540. The SMILES string of the molecule is CCc1nnc(OC)n1C=C(C)C. The molecule has 0 saturated carbocycles. The van der Waals surface area contributed by atoms with E-state index in [1.54, 1.807) is 7.11 Å². The minimum absolute atomic E-state index is 0.540. The summed E-state index contributed by atoms with van der Waals surface area (Å²) in [6.07, 6.45) is 2.82. The average molecular weight is 181 g/mol. The van der Waals surface area contributed by atoms with Crippen molar-refractivity contribution < 1.29 is 4.74 Å². The zero-order chi connectivity index (χ0) is 9.84. The van der Waals surface area contributed by atoms with E-state index in [0.29, 0.717) is 6.01 Å². The molecule has 0 aliphatic heterocycles. The largest absolute Gasteiger partial charge is 0.467 e. The van der Waals surface area contributed by atoms with Gasteiger partial charge in [0.1, 0.15) is 5.82 Å². The van der Waals surface area contributed by atoms with Gasteiger partial charge < -0.3 is 4.74 Å². The van der Waals surface area contributed by atoms with E-state index in [4.69, 9.17) is 4.74 Å². The smallest absolute Gasteiger partial charge is 0.320 e. The monoisotopic (exact) mass is 181 g/mol. The predicted octanol–water partition coefficient (Wildman–Crippen LogP) is 1.73. The molecule has 4 heteroatoms. The summed E-state index contributed by atoms with van der Waals surface area (Å²) >= 11 is 0. The van der Waals surface area contributed by atoms with Crippen molar-refractivity contribution in [3.05, 3.63) is 11.4 Å². The summed E-state index contributed by atoms with van der Waals surface area (Å²) in [5, 5.41) is 7.91. The lowest BCUT2D eigenvalue weighted by Crippen LogP contribution is -1.98. The highest BCUT2D eigenvalue weighted by Gasteiger charge is 2.07. The summed E-state index contributed by atoms with van der Waals surface area (Å²) in [7, 11) is 1.60. The van der Waals surface area contributed by atoms with Gasteiger partial charge in [-0.15, -0.1) is 5.10 Å². The Balaban J connectivity index is 3.12. The molecule has 0 bridgehead atoms. The molecule has 0 fully saturated rings. The summed E-state index contributed by atoms with van der Waals surface area (Å²) in [5.74, 6) is 0.915. The molecule has 0 unspecified atom stereocenters. The Bertz CT molecular complexity index is 289. The number of aromatic nitrogens is 3. The Labute approximate surface area is 78.2 Å². The van der Waals surface area contributed by atoms with Crippen molar-refractivity contribution in [2.75, 3.05) is 7.11 Å². The van der Waals surface area contributed by atoms with E-state index in [1.807, 2.05) is 31.5 Å². The Kier molecular flexibility index (Phi) is 3.06. The van der Waals surface area contributed by atoms with Crippen LogP contribution in [-0.4, -0.2) is 21.9 Å². The van der Waals surface area contributed by atoms with E-state index in [0.717, 1.165) is 12.2 Å². The van der Waals surface area contributed by atoms with Crippen LogP contribution < -0.4 is 4.74 Å². The molecule has 0 aliphatic carbocycles. The summed E-state index contributed by atoms with van der Waals surface area (Å²) in [5.41, 5.74) is 1.19. The van der Waals surface area contributed by atoms with E-state index in [1.165, 1.54) is 5.57 Å². The first kappa shape index (κ1) is 9.77. The number of hydrogen-bond acceptors (Lipinski definition) is 3. The lowest BCUT2D eigenvalue weighted by Gasteiger charge is -2.02. The van der Waals surface area contributed by atoms with Crippen molar-refractivity contribution in [3.8, 4) is 6.01 Å². The lowest BCUT2D eigenvalue weighted by molar-refractivity contribution is 0.373. The second kappa shape index (κ2) is 4.07. The molecule has 0 atom stereocenters. The number of rotatable bonds is 3. The van der Waals surface area contributed by atoms with E-state index < -0.39 is 0 Å². The van der Waals surface area contributed by atoms with Crippen molar-refractivity contribution in [2.24, 2.45) is 0 Å². The molecule has 0 saturated heterocycles. The molecule has 72 valence electrons. The van der Waals surface area contributed by atoms with E-state index in [-0.39, 0.29) is 0 Å². The molecule has 13 heavy (non-hydrogen) atoms. The van der Waals surface area contributed by atoms with E-state index >= 15 is 0 Å². The normalized spacial score (nSPS) is 9.85. The molecule has 0 aliphatic rings. The molecule has 1 rings (SSSR count). The summed E-state index contributed by atoms with van der Waals surface area (Å²) in [6.45, 7) is 6.09. The molecule has 0 aromatic carbocycles. The maximum atomic E-state index is 5.07. The van der Waals surface area contributed by atoms with Crippen LogP contribution >= 0.6 is 0 Å². The van der Waals surface area contributed by atoms with Crippen molar-refractivity contribution in [3.63, 3.8) is 0 Å². The molecule has 1 heterocycles. The maximum absolute atomic E-state index is 5.07. The minimum atomic E-state index is 0.540. The maximum Gasteiger partial charge on any atom is 0.320 e. The van der Waals surface area contributed by atoms with Crippen LogP contribution in [-0.2, 0) is 6.42 Å². The van der Waals surface area contributed by atoms with Gasteiger partial charge in [0.15, 0.2) is 0 Å². The third-order valence-corrected chi connectivity index (χ3v) is 1.62. The van der Waals surface area contributed by atoms with Crippen LogP contribution in [0.15, 0.2) is 5.57 Å². The second-order valence-corrected chi connectivity index (χ2v) is 3.03. The number of allylic oxidation sites excluding steroid dienone is 1. The molecule has 0 spiro atoms. The molecule has 0 amide bonds. The predicted molar refractivity (Wildman–Crippen MR) is 51.6 cm³/mol. The topological polar surface area (TPSA) is 39.9 Å². The average Bonchev–Trinajstić information content (AvgIpc) is 2.46. The van der Waals surface area contributed by atoms with Gasteiger partial charge in [0, 0.05) is 12.6 Å². The van der Waals surface area contributed by atoms with Crippen molar-refractivity contribution in [1.82, 2.24) is 14.8 Å². The highest BCUT2D eigenvalue weighted by molar-refractivity contribution is 5.32. The molecular formula is C9H15N3O. The summed E-state index contributed by atoms with van der Waals surface area (Å²) in [4.78, 5) is 0. The molecule has 4 nitrogen and oxygen atoms in total. The van der Waals surface area contributed by atoms with Crippen LogP contribution in [0, 0.1) is 0 Å². The third-order valence-electron chi connectivity index (χ3n) is 1.62. The fraction of sp³-hybridized carbons (Fsp3) is 0.556. The Morgan fingerprint density at radius 3 is 2.62 bits per heavy atom. The van der Waals surface area contributed by atoms with Gasteiger partial charge in [-0.2, -0.15) is 0 Å². The molecule has 0 radical (unpaired) electrons. The van der Waals surface area contributed by atoms with Gasteiger partial charge in [0.05, 0.1) is 7.11 Å². The minimum Gasteiger partial charge on any atom is -0.467 e. The highest BCUT2D eigenvalue weighted by atomic mass is 16.5. The zero-order valence-electron chi connectivity index (χ0n) is 8.53. The molecular weight excluding hydrogens is 166 g/mol. The lowest BCUT2D eigenvalue weighted by atomic mass is 10.4. The van der Waals surface area contributed by atoms with Crippen molar-refractivity contribution in [2.45, 2.75) is 27.2 Å². The fourth-order valence-corrected chi connectivity index (χ4v) is 1.08. The van der Waals surface area contributed by atoms with Crippen molar-refractivity contribution in [1.29, 1.82) is 0 Å². The van der Waals surface area contributed by atoms with Crippen LogP contribution in [0.2, 0.25) is 0 Å². The first-order valence-corrected chi connectivity index (χ1v) is 4.31.